The lowest BCUT2D eigenvalue weighted by atomic mass is 10.2. The number of hydrogen-bond donors (Lipinski definition) is 1. The van der Waals surface area contributed by atoms with Gasteiger partial charge in [-0.1, -0.05) is 22.6 Å². The van der Waals surface area contributed by atoms with E-state index >= 15 is 0 Å². The predicted octanol–water partition coefficient (Wildman–Crippen LogP) is 2.28. The Morgan fingerprint density at radius 2 is 2.23 bits per heavy atom. The molecule has 0 aliphatic carbocycles. The van der Waals surface area contributed by atoms with Gasteiger partial charge in [-0.25, -0.2) is 0 Å². The van der Waals surface area contributed by atoms with Crippen LogP contribution in [0.15, 0.2) is 10.3 Å². The molecule has 0 amide bonds. The van der Waals surface area contributed by atoms with Crippen LogP contribution in [0.4, 0.5) is 0 Å². The van der Waals surface area contributed by atoms with Crippen LogP contribution in [0, 0.1) is 6.92 Å². The molecule has 0 aromatic carbocycles. The Kier molecular flexibility index (Phi) is 3.73. The van der Waals surface area contributed by atoms with Crippen LogP contribution in [0.2, 0.25) is 0 Å². The summed E-state index contributed by atoms with van der Waals surface area (Å²) in [7, 11) is -4.02. The molecule has 0 aliphatic heterocycles. The van der Waals surface area contributed by atoms with Gasteiger partial charge in [0.2, 0.25) is 0 Å². The van der Waals surface area contributed by atoms with E-state index in [4.69, 9.17) is 4.55 Å². The summed E-state index contributed by atoms with van der Waals surface area (Å²) >= 11 is 3.29. The fourth-order valence-corrected chi connectivity index (χ4v) is 3.71. The average molecular weight is 332 g/mol. The number of alkyl halides is 1. The van der Waals surface area contributed by atoms with Crippen molar-refractivity contribution in [2.75, 3.05) is 4.43 Å². The molecule has 0 spiro atoms. The molecule has 3 nitrogen and oxygen atoms in total. The van der Waals surface area contributed by atoms with E-state index in [1.54, 1.807) is 0 Å². The number of halogens is 1. The SMILES string of the molecule is Cc1cc(CCI)c(S(=O)(=O)O)s1. The van der Waals surface area contributed by atoms with E-state index < -0.39 is 10.1 Å². The third-order valence-corrected chi connectivity index (χ3v) is 4.53. The molecule has 0 radical (unpaired) electrons. The molecule has 0 saturated heterocycles. The standard InChI is InChI=1S/C7H9IO3S2/c1-5-4-6(2-3-8)7(12-5)13(9,10)11/h4H,2-3H2,1H3,(H,9,10,11). The third-order valence-electron chi connectivity index (χ3n) is 1.49. The minimum absolute atomic E-state index is 0.0988. The van der Waals surface area contributed by atoms with E-state index in [0.717, 1.165) is 26.2 Å². The quantitative estimate of drug-likeness (QED) is 0.525. The first-order chi connectivity index (χ1) is 5.95. The van der Waals surface area contributed by atoms with Crippen molar-refractivity contribution < 1.29 is 13.0 Å². The Hall–Kier alpha value is 0.340. The van der Waals surface area contributed by atoms with Crippen LogP contribution in [0.5, 0.6) is 0 Å². The highest BCUT2D eigenvalue weighted by atomic mass is 127. The average Bonchev–Trinajstić information content (AvgIpc) is 2.30. The Bertz CT molecular complexity index is 394. The van der Waals surface area contributed by atoms with Crippen LogP contribution in [0.1, 0.15) is 10.4 Å². The zero-order valence-corrected chi connectivity index (χ0v) is 10.7. The van der Waals surface area contributed by atoms with Gasteiger partial charge < -0.3 is 0 Å². The van der Waals surface area contributed by atoms with Crippen LogP contribution in [-0.4, -0.2) is 17.4 Å². The summed E-state index contributed by atoms with van der Waals surface area (Å²) < 4.78 is 31.6. The van der Waals surface area contributed by atoms with Gasteiger partial charge in [0.15, 0.2) is 0 Å². The van der Waals surface area contributed by atoms with Crippen molar-refractivity contribution in [2.24, 2.45) is 0 Å². The van der Waals surface area contributed by atoms with Crippen molar-refractivity contribution in [3.63, 3.8) is 0 Å². The number of hydrogen-bond acceptors (Lipinski definition) is 3. The molecule has 1 rings (SSSR count). The molecule has 0 unspecified atom stereocenters. The van der Waals surface area contributed by atoms with E-state index in [9.17, 15) is 8.42 Å². The fourth-order valence-electron chi connectivity index (χ4n) is 1.04. The topological polar surface area (TPSA) is 54.4 Å². The summed E-state index contributed by atoms with van der Waals surface area (Å²) in [5.41, 5.74) is 0.722. The molecule has 0 atom stereocenters. The minimum Gasteiger partial charge on any atom is -0.281 e. The van der Waals surface area contributed by atoms with E-state index in [1.807, 2.05) is 13.0 Å². The van der Waals surface area contributed by atoms with Crippen molar-refractivity contribution in [3.05, 3.63) is 16.5 Å². The normalized spacial score (nSPS) is 11.9. The molecule has 6 heteroatoms. The van der Waals surface area contributed by atoms with Gasteiger partial charge in [0.25, 0.3) is 0 Å². The van der Waals surface area contributed by atoms with Crippen LogP contribution in [0.3, 0.4) is 0 Å². The van der Waals surface area contributed by atoms with E-state index in [-0.39, 0.29) is 4.21 Å². The van der Waals surface area contributed by atoms with Crippen LogP contribution in [-0.2, 0) is 16.5 Å². The van der Waals surface area contributed by atoms with Gasteiger partial charge in [-0.2, -0.15) is 8.42 Å². The molecular weight excluding hydrogens is 323 g/mol. The third kappa shape index (κ3) is 2.90. The summed E-state index contributed by atoms with van der Waals surface area (Å²) in [5.74, 6) is 0. The van der Waals surface area contributed by atoms with Crippen molar-refractivity contribution in [1.82, 2.24) is 0 Å². The van der Waals surface area contributed by atoms with Gasteiger partial charge in [0.1, 0.15) is 4.21 Å². The summed E-state index contributed by atoms with van der Waals surface area (Å²) in [6.45, 7) is 1.83. The highest BCUT2D eigenvalue weighted by Gasteiger charge is 2.17. The molecule has 0 aliphatic rings. The largest absolute Gasteiger partial charge is 0.304 e. The van der Waals surface area contributed by atoms with Crippen molar-refractivity contribution in [3.8, 4) is 0 Å². The van der Waals surface area contributed by atoms with E-state index in [2.05, 4.69) is 22.6 Å². The van der Waals surface area contributed by atoms with Crippen molar-refractivity contribution >= 4 is 44.0 Å². The number of rotatable bonds is 3. The Morgan fingerprint density at radius 1 is 1.62 bits per heavy atom. The summed E-state index contributed by atoms with van der Waals surface area (Å²) in [5, 5.41) is 0. The first kappa shape index (κ1) is 11.4. The minimum atomic E-state index is -4.02. The van der Waals surface area contributed by atoms with Gasteiger partial charge in [0, 0.05) is 9.30 Å². The first-order valence-electron chi connectivity index (χ1n) is 3.58. The van der Waals surface area contributed by atoms with E-state index in [1.165, 1.54) is 0 Å². The van der Waals surface area contributed by atoms with Gasteiger partial charge in [-0.15, -0.1) is 11.3 Å². The lowest BCUT2D eigenvalue weighted by Crippen LogP contribution is -1.99. The molecule has 13 heavy (non-hydrogen) atoms. The molecule has 1 aromatic rings. The second kappa shape index (κ2) is 4.24. The van der Waals surface area contributed by atoms with E-state index in [0.29, 0.717) is 6.42 Å². The molecule has 1 heterocycles. The molecular formula is C7H9IO3S2. The Balaban J connectivity index is 3.20. The molecule has 0 bridgehead atoms. The summed E-state index contributed by atoms with van der Waals surface area (Å²) in [4.78, 5) is 0.910. The molecule has 1 aromatic heterocycles. The maximum atomic E-state index is 10.9. The summed E-state index contributed by atoms with van der Waals surface area (Å²) in [6.07, 6.45) is 0.681. The van der Waals surface area contributed by atoms with Gasteiger partial charge >= 0.3 is 10.1 Å². The number of aryl methyl sites for hydroxylation is 2. The van der Waals surface area contributed by atoms with Crippen LogP contribution < -0.4 is 0 Å². The highest BCUT2D eigenvalue weighted by molar-refractivity contribution is 14.1. The maximum absolute atomic E-state index is 10.9. The maximum Gasteiger partial charge on any atom is 0.304 e. The zero-order valence-electron chi connectivity index (χ0n) is 6.95. The fraction of sp³-hybridized carbons (Fsp3) is 0.429. The Labute approximate surface area is 95.1 Å². The van der Waals surface area contributed by atoms with Crippen LogP contribution in [0.25, 0.3) is 0 Å². The predicted molar refractivity (Wildman–Crippen MR) is 61.5 cm³/mol. The summed E-state index contributed by atoms with van der Waals surface area (Å²) in [6, 6.07) is 1.81. The molecule has 0 fully saturated rings. The monoisotopic (exact) mass is 332 g/mol. The highest BCUT2D eigenvalue weighted by Crippen LogP contribution is 2.27. The first-order valence-corrected chi connectivity index (χ1v) is 7.36. The second-order valence-corrected chi connectivity index (χ2v) is 6.54. The van der Waals surface area contributed by atoms with Crippen molar-refractivity contribution in [1.29, 1.82) is 0 Å². The van der Waals surface area contributed by atoms with Crippen LogP contribution >= 0.6 is 33.9 Å². The lowest BCUT2D eigenvalue weighted by Gasteiger charge is -1.96. The lowest BCUT2D eigenvalue weighted by molar-refractivity contribution is 0.485. The number of thiophene rings is 1. The smallest absolute Gasteiger partial charge is 0.281 e. The second-order valence-electron chi connectivity index (χ2n) is 2.58. The Morgan fingerprint density at radius 3 is 2.69 bits per heavy atom. The van der Waals surface area contributed by atoms with Gasteiger partial charge in [-0.05, 0) is 25.0 Å². The molecule has 1 N–H and O–H groups in total. The zero-order chi connectivity index (χ0) is 10.1. The van der Waals surface area contributed by atoms with Crippen molar-refractivity contribution in [2.45, 2.75) is 17.6 Å². The molecule has 0 saturated carbocycles. The molecule has 74 valence electrons. The van der Waals surface area contributed by atoms with Gasteiger partial charge in [0.05, 0.1) is 0 Å². The van der Waals surface area contributed by atoms with Gasteiger partial charge in [-0.3, -0.25) is 4.55 Å².